The van der Waals surface area contributed by atoms with Gasteiger partial charge in [0.2, 0.25) is 5.91 Å². The van der Waals surface area contributed by atoms with Gasteiger partial charge in [0, 0.05) is 5.56 Å². The van der Waals surface area contributed by atoms with Gasteiger partial charge < -0.3 is 5.11 Å². The van der Waals surface area contributed by atoms with Crippen molar-refractivity contribution in [1.29, 1.82) is 0 Å². The molecule has 0 aliphatic rings. The molecule has 1 aromatic rings. The Labute approximate surface area is 103 Å². The molecule has 1 rings (SSSR count). The first-order valence-electron chi connectivity index (χ1n) is 5.12. The maximum Gasteiger partial charge on any atom is 0.310 e. The summed E-state index contributed by atoms with van der Waals surface area (Å²) < 4.78 is 0. The quantitative estimate of drug-likeness (QED) is 0.734. The number of aliphatic carboxylic acids is 1. The number of Topliss-reactive ketones (excluding diaryl/α,β-unsaturated/α-hetero) is 1. The molecular formula is C12H11NO5. The Morgan fingerprint density at radius 1 is 1.00 bits per heavy atom. The zero-order chi connectivity index (χ0) is 13.5. The molecule has 0 unspecified atom stereocenters. The van der Waals surface area contributed by atoms with E-state index >= 15 is 0 Å². The summed E-state index contributed by atoms with van der Waals surface area (Å²) in [7, 11) is 0. The van der Waals surface area contributed by atoms with Gasteiger partial charge in [-0.1, -0.05) is 18.2 Å². The summed E-state index contributed by atoms with van der Waals surface area (Å²) in [6, 6.07) is 8.02. The van der Waals surface area contributed by atoms with Gasteiger partial charge in [-0.2, -0.15) is 0 Å². The van der Waals surface area contributed by atoms with Crippen LogP contribution in [0.25, 0.3) is 0 Å². The van der Waals surface area contributed by atoms with Gasteiger partial charge in [0.25, 0.3) is 5.91 Å². The topological polar surface area (TPSA) is 101 Å². The minimum absolute atomic E-state index is 0.288. The second kappa shape index (κ2) is 6.29. The fourth-order valence-electron chi connectivity index (χ4n) is 1.24. The molecule has 0 saturated heterocycles. The van der Waals surface area contributed by atoms with Gasteiger partial charge in [-0.3, -0.25) is 24.5 Å². The van der Waals surface area contributed by atoms with Crippen molar-refractivity contribution in [3.05, 3.63) is 35.9 Å². The van der Waals surface area contributed by atoms with Gasteiger partial charge in [-0.25, -0.2) is 0 Å². The summed E-state index contributed by atoms with van der Waals surface area (Å²) in [5.41, 5.74) is 0.288. The van der Waals surface area contributed by atoms with Crippen molar-refractivity contribution < 1.29 is 24.3 Å². The van der Waals surface area contributed by atoms with Crippen molar-refractivity contribution in [3.8, 4) is 0 Å². The van der Waals surface area contributed by atoms with E-state index < -0.39 is 36.4 Å². The van der Waals surface area contributed by atoms with Crippen molar-refractivity contribution in [1.82, 2.24) is 5.32 Å². The molecular weight excluding hydrogens is 238 g/mol. The third-order valence-electron chi connectivity index (χ3n) is 2.00. The highest BCUT2D eigenvalue weighted by Crippen LogP contribution is 1.98. The number of hydrogen-bond acceptors (Lipinski definition) is 4. The molecule has 2 amide bonds. The number of benzene rings is 1. The normalized spacial score (nSPS) is 9.56. The summed E-state index contributed by atoms with van der Waals surface area (Å²) in [5.74, 6) is -3.48. The van der Waals surface area contributed by atoms with E-state index in [4.69, 9.17) is 5.11 Å². The first-order chi connectivity index (χ1) is 8.49. The number of carbonyl (C=O) groups is 4. The first-order valence-corrected chi connectivity index (χ1v) is 5.12. The van der Waals surface area contributed by atoms with Gasteiger partial charge in [-0.05, 0) is 12.1 Å². The van der Waals surface area contributed by atoms with E-state index in [1.807, 2.05) is 5.32 Å². The van der Waals surface area contributed by atoms with Crippen LogP contribution in [-0.4, -0.2) is 28.7 Å². The van der Waals surface area contributed by atoms with Crippen LogP contribution in [0.4, 0.5) is 0 Å². The number of rotatable bonds is 5. The van der Waals surface area contributed by atoms with E-state index in [1.165, 1.54) is 12.1 Å². The Morgan fingerprint density at radius 3 is 2.17 bits per heavy atom. The zero-order valence-electron chi connectivity index (χ0n) is 9.38. The molecule has 94 valence electrons. The zero-order valence-corrected chi connectivity index (χ0v) is 9.38. The number of ketones is 1. The lowest BCUT2D eigenvalue weighted by Gasteiger charge is -2.02. The number of imide groups is 1. The third-order valence-corrected chi connectivity index (χ3v) is 2.00. The Balaban J connectivity index is 2.48. The van der Waals surface area contributed by atoms with Crippen LogP contribution < -0.4 is 5.32 Å². The number of hydrogen-bond donors (Lipinski definition) is 2. The molecule has 6 nitrogen and oxygen atoms in total. The van der Waals surface area contributed by atoms with Crippen LogP contribution in [-0.2, 0) is 14.4 Å². The van der Waals surface area contributed by atoms with E-state index in [2.05, 4.69) is 0 Å². The molecule has 0 aliphatic carbocycles. The molecule has 0 atom stereocenters. The maximum atomic E-state index is 11.5. The Hall–Kier alpha value is -2.50. The van der Waals surface area contributed by atoms with E-state index in [1.54, 1.807) is 18.2 Å². The molecule has 0 radical (unpaired) electrons. The standard InChI is InChI=1S/C12H11NO5/c14-9(7-11(16)17)6-10(15)13-12(18)8-4-2-1-3-5-8/h1-5H,6-7H2,(H,16,17)(H,13,15,18). The molecule has 18 heavy (non-hydrogen) atoms. The van der Waals surface area contributed by atoms with Crippen molar-refractivity contribution in [2.45, 2.75) is 12.8 Å². The van der Waals surface area contributed by atoms with E-state index in [0.717, 1.165) is 0 Å². The van der Waals surface area contributed by atoms with E-state index in [-0.39, 0.29) is 5.56 Å². The van der Waals surface area contributed by atoms with Crippen molar-refractivity contribution in [2.75, 3.05) is 0 Å². The number of nitrogens with one attached hydrogen (secondary N) is 1. The highest BCUT2D eigenvalue weighted by atomic mass is 16.4. The molecule has 0 fully saturated rings. The monoisotopic (exact) mass is 249 g/mol. The lowest BCUT2D eigenvalue weighted by molar-refractivity contribution is -0.140. The number of carboxylic acids is 1. The summed E-state index contributed by atoms with van der Waals surface area (Å²) in [4.78, 5) is 44.0. The lowest BCUT2D eigenvalue weighted by Crippen LogP contribution is -2.32. The SMILES string of the molecule is O=C(O)CC(=O)CC(=O)NC(=O)c1ccccc1. The third kappa shape index (κ3) is 4.56. The predicted molar refractivity (Wildman–Crippen MR) is 60.8 cm³/mol. The fourth-order valence-corrected chi connectivity index (χ4v) is 1.24. The van der Waals surface area contributed by atoms with Crippen LogP contribution >= 0.6 is 0 Å². The number of amides is 2. The lowest BCUT2D eigenvalue weighted by atomic mass is 10.2. The average Bonchev–Trinajstić information content (AvgIpc) is 2.28. The smallest absolute Gasteiger partial charge is 0.310 e. The fraction of sp³-hybridized carbons (Fsp3) is 0.167. The van der Waals surface area contributed by atoms with Gasteiger partial charge in [0.15, 0.2) is 5.78 Å². The van der Waals surface area contributed by atoms with Gasteiger partial charge in [-0.15, -0.1) is 0 Å². The number of carboxylic acid groups (broad SMARTS) is 1. The minimum atomic E-state index is -1.30. The number of carbonyl (C=O) groups excluding carboxylic acids is 3. The highest BCUT2D eigenvalue weighted by molar-refractivity contribution is 6.11. The summed E-state index contributed by atoms with van der Waals surface area (Å²) in [5, 5.41) is 10.3. The largest absolute Gasteiger partial charge is 0.481 e. The minimum Gasteiger partial charge on any atom is -0.481 e. The van der Waals surface area contributed by atoms with Crippen LogP contribution in [0.15, 0.2) is 30.3 Å². The Kier molecular flexibility index (Phi) is 4.74. The average molecular weight is 249 g/mol. The predicted octanol–water partition coefficient (Wildman–Crippen LogP) is 0.377. The molecule has 0 aromatic heterocycles. The summed E-state index contributed by atoms with van der Waals surface area (Å²) in [6.07, 6.45) is -1.35. The second-order valence-corrected chi connectivity index (χ2v) is 3.53. The molecule has 0 bridgehead atoms. The van der Waals surface area contributed by atoms with Gasteiger partial charge in [0.1, 0.15) is 6.42 Å². The van der Waals surface area contributed by atoms with E-state index in [9.17, 15) is 19.2 Å². The van der Waals surface area contributed by atoms with E-state index in [0.29, 0.717) is 0 Å². The summed E-state index contributed by atoms with van der Waals surface area (Å²) >= 11 is 0. The van der Waals surface area contributed by atoms with Crippen molar-refractivity contribution in [2.24, 2.45) is 0 Å². The molecule has 0 aliphatic heterocycles. The van der Waals surface area contributed by atoms with Crippen LogP contribution in [0, 0.1) is 0 Å². The Morgan fingerprint density at radius 2 is 1.61 bits per heavy atom. The van der Waals surface area contributed by atoms with Crippen molar-refractivity contribution >= 4 is 23.6 Å². The van der Waals surface area contributed by atoms with Crippen LogP contribution in [0.3, 0.4) is 0 Å². The highest BCUT2D eigenvalue weighted by Gasteiger charge is 2.15. The van der Waals surface area contributed by atoms with Crippen LogP contribution in [0.2, 0.25) is 0 Å². The van der Waals surface area contributed by atoms with Gasteiger partial charge >= 0.3 is 5.97 Å². The molecule has 6 heteroatoms. The first kappa shape index (κ1) is 13.6. The molecule has 0 saturated carbocycles. The van der Waals surface area contributed by atoms with Crippen molar-refractivity contribution in [3.63, 3.8) is 0 Å². The molecule has 0 spiro atoms. The molecule has 1 aromatic carbocycles. The molecule has 0 heterocycles. The van der Waals surface area contributed by atoms with Crippen LogP contribution in [0.5, 0.6) is 0 Å². The summed E-state index contributed by atoms with van der Waals surface area (Å²) in [6.45, 7) is 0. The second-order valence-electron chi connectivity index (χ2n) is 3.53. The maximum absolute atomic E-state index is 11.5. The van der Waals surface area contributed by atoms with Crippen LogP contribution in [0.1, 0.15) is 23.2 Å². The molecule has 2 N–H and O–H groups in total. The Bertz CT molecular complexity index is 481. The van der Waals surface area contributed by atoms with Gasteiger partial charge in [0.05, 0.1) is 6.42 Å².